The van der Waals surface area contributed by atoms with E-state index in [4.69, 9.17) is 28.4 Å². The number of hydrogen-bond donors (Lipinski definition) is 1. The van der Waals surface area contributed by atoms with Gasteiger partial charge in [0.2, 0.25) is 0 Å². The number of anilines is 1. The topological polar surface area (TPSA) is 102 Å². The van der Waals surface area contributed by atoms with Gasteiger partial charge in [0, 0.05) is 5.69 Å². The summed E-state index contributed by atoms with van der Waals surface area (Å²) in [7, 11) is 0. The minimum Gasteiger partial charge on any atom is -0.462 e. The Hall–Kier alpha value is -2.04. The van der Waals surface area contributed by atoms with Crippen LogP contribution in [-0.4, -0.2) is 60.8 Å². The van der Waals surface area contributed by atoms with E-state index in [-0.39, 0.29) is 0 Å². The molecule has 0 bridgehead atoms. The molecule has 4 rings (SSSR count). The lowest BCUT2D eigenvalue weighted by atomic mass is 9.98. The second-order valence-electron chi connectivity index (χ2n) is 8.38. The summed E-state index contributed by atoms with van der Waals surface area (Å²) in [5, 5.41) is 2.80. The van der Waals surface area contributed by atoms with E-state index in [1.807, 2.05) is 0 Å². The summed E-state index contributed by atoms with van der Waals surface area (Å²) >= 11 is 0. The average Bonchev–Trinajstić information content (AvgIpc) is 3.15. The fraction of sp³-hybridized carbons (Fsp3) is 0.619. The number of amides is 1. The van der Waals surface area contributed by atoms with E-state index in [2.05, 4.69) is 5.32 Å². The number of esters is 1. The third-order valence-corrected chi connectivity index (χ3v) is 5.08. The van der Waals surface area contributed by atoms with E-state index in [9.17, 15) is 9.59 Å². The number of carbonyl (C=O) groups excluding carboxylic acids is 2. The first-order valence-electron chi connectivity index (χ1n) is 10.0. The molecular formula is C21H27NO8. The summed E-state index contributed by atoms with van der Waals surface area (Å²) in [5.74, 6) is -2.56. The van der Waals surface area contributed by atoms with Gasteiger partial charge in [0.25, 0.3) is 5.91 Å². The first kappa shape index (κ1) is 21.2. The predicted molar refractivity (Wildman–Crippen MR) is 104 cm³/mol. The minimum atomic E-state index is -0.958. The molecule has 30 heavy (non-hydrogen) atoms. The highest BCUT2D eigenvalue weighted by atomic mass is 16.9. The molecule has 9 heteroatoms. The Labute approximate surface area is 174 Å². The lowest BCUT2D eigenvalue weighted by Crippen LogP contribution is -2.58. The van der Waals surface area contributed by atoms with Crippen LogP contribution in [0.25, 0.3) is 0 Å². The Kier molecular flexibility index (Phi) is 5.36. The lowest BCUT2D eigenvalue weighted by molar-refractivity contribution is -0.229. The fourth-order valence-corrected chi connectivity index (χ4v) is 3.94. The van der Waals surface area contributed by atoms with Crippen LogP contribution in [0.1, 0.15) is 45.0 Å². The lowest BCUT2D eigenvalue weighted by Gasteiger charge is -2.36. The molecule has 0 unspecified atom stereocenters. The standard InChI is InChI=1S/C21H27NO8/c1-6-25-18(24)11-7-9-12(10-8-11)22-17(23)15-13-14(28-20(2,3)27-13)16-19(26-15)30-21(4,5)29-16/h7-10,13-16,19H,6H2,1-5H3,(H,22,23)/t13-,14-,15-,16-,19-/m1/s1. The van der Waals surface area contributed by atoms with Gasteiger partial charge in [0.15, 0.2) is 24.0 Å². The molecule has 0 radical (unpaired) electrons. The van der Waals surface area contributed by atoms with Crippen LogP contribution in [0.15, 0.2) is 24.3 Å². The summed E-state index contributed by atoms with van der Waals surface area (Å²) in [6, 6.07) is 6.43. The maximum atomic E-state index is 13.0. The molecule has 0 spiro atoms. The number of hydrogen-bond acceptors (Lipinski definition) is 8. The van der Waals surface area contributed by atoms with Gasteiger partial charge in [-0.1, -0.05) is 0 Å². The third-order valence-electron chi connectivity index (χ3n) is 5.08. The second kappa shape index (κ2) is 7.58. The largest absolute Gasteiger partial charge is 0.462 e. The van der Waals surface area contributed by atoms with Crippen LogP contribution >= 0.6 is 0 Å². The van der Waals surface area contributed by atoms with E-state index in [1.165, 1.54) is 0 Å². The third kappa shape index (κ3) is 4.08. The van der Waals surface area contributed by atoms with Gasteiger partial charge < -0.3 is 33.7 Å². The van der Waals surface area contributed by atoms with Crippen molar-refractivity contribution in [2.75, 3.05) is 11.9 Å². The van der Waals surface area contributed by atoms with Crippen molar-refractivity contribution >= 4 is 17.6 Å². The van der Waals surface area contributed by atoms with Crippen molar-refractivity contribution in [1.29, 1.82) is 0 Å². The zero-order valence-electron chi connectivity index (χ0n) is 17.7. The van der Waals surface area contributed by atoms with Crippen molar-refractivity contribution < 1.29 is 38.0 Å². The van der Waals surface area contributed by atoms with Gasteiger partial charge in [-0.15, -0.1) is 0 Å². The molecule has 1 amide bonds. The Bertz CT molecular complexity index is 821. The number of carbonyl (C=O) groups is 2. The van der Waals surface area contributed by atoms with Crippen LogP contribution in [0.2, 0.25) is 0 Å². The number of ether oxygens (including phenoxy) is 6. The summed E-state index contributed by atoms with van der Waals surface area (Å²) in [6.07, 6.45) is -3.37. The van der Waals surface area contributed by atoms with Crippen LogP contribution in [0.5, 0.6) is 0 Å². The molecule has 3 fully saturated rings. The predicted octanol–water partition coefficient (Wildman–Crippen LogP) is 2.20. The molecule has 3 aliphatic rings. The Morgan fingerprint density at radius 2 is 1.53 bits per heavy atom. The molecule has 0 aromatic heterocycles. The maximum Gasteiger partial charge on any atom is 0.338 e. The van der Waals surface area contributed by atoms with E-state index in [0.29, 0.717) is 17.9 Å². The van der Waals surface area contributed by atoms with Crippen molar-refractivity contribution in [3.05, 3.63) is 29.8 Å². The molecule has 164 valence electrons. The molecule has 1 N–H and O–H groups in total. The number of fused-ring (bicyclic) bond motifs is 3. The molecule has 0 saturated carbocycles. The van der Waals surface area contributed by atoms with E-state index >= 15 is 0 Å². The van der Waals surface area contributed by atoms with Gasteiger partial charge in [-0.2, -0.15) is 0 Å². The van der Waals surface area contributed by atoms with Crippen LogP contribution < -0.4 is 5.32 Å². The van der Waals surface area contributed by atoms with Crippen molar-refractivity contribution in [3.8, 4) is 0 Å². The van der Waals surface area contributed by atoms with Gasteiger partial charge in [0.1, 0.15) is 18.3 Å². The Balaban J connectivity index is 1.50. The van der Waals surface area contributed by atoms with E-state index in [1.54, 1.807) is 58.9 Å². The molecule has 0 aliphatic carbocycles. The highest BCUT2D eigenvalue weighted by Crippen LogP contribution is 2.44. The first-order chi connectivity index (χ1) is 14.1. The Morgan fingerprint density at radius 1 is 0.933 bits per heavy atom. The van der Waals surface area contributed by atoms with Crippen LogP contribution in [0.3, 0.4) is 0 Å². The van der Waals surface area contributed by atoms with Crippen molar-refractivity contribution in [2.24, 2.45) is 0 Å². The molecule has 3 aliphatic heterocycles. The van der Waals surface area contributed by atoms with Gasteiger partial charge in [-0.25, -0.2) is 4.79 Å². The summed E-state index contributed by atoms with van der Waals surface area (Å²) in [4.78, 5) is 24.8. The highest BCUT2D eigenvalue weighted by Gasteiger charge is 2.62. The number of rotatable bonds is 4. The summed E-state index contributed by atoms with van der Waals surface area (Å²) in [5.41, 5.74) is 0.914. The molecule has 9 nitrogen and oxygen atoms in total. The van der Waals surface area contributed by atoms with E-state index < -0.39 is 54.2 Å². The van der Waals surface area contributed by atoms with Crippen molar-refractivity contribution in [3.63, 3.8) is 0 Å². The monoisotopic (exact) mass is 421 g/mol. The molecule has 1 aromatic rings. The van der Waals surface area contributed by atoms with E-state index in [0.717, 1.165) is 0 Å². The van der Waals surface area contributed by atoms with Crippen LogP contribution in [-0.2, 0) is 33.2 Å². The van der Waals surface area contributed by atoms with Crippen molar-refractivity contribution in [1.82, 2.24) is 0 Å². The van der Waals surface area contributed by atoms with Crippen LogP contribution in [0.4, 0.5) is 5.69 Å². The summed E-state index contributed by atoms with van der Waals surface area (Å²) in [6.45, 7) is 9.16. The molecule has 1 aromatic carbocycles. The van der Waals surface area contributed by atoms with Gasteiger partial charge in [0.05, 0.1) is 12.2 Å². The molecule has 3 saturated heterocycles. The normalized spacial score (nSPS) is 33.4. The van der Waals surface area contributed by atoms with Crippen molar-refractivity contribution in [2.45, 2.75) is 76.9 Å². The zero-order valence-corrected chi connectivity index (χ0v) is 17.7. The average molecular weight is 421 g/mol. The van der Waals surface area contributed by atoms with Gasteiger partial charge >= 0.3 is 5.97 Å². The minimum absolute atomic E-state index is 0.294. The fourth-order valence-electron chi connectivity index (χ4n) is 3.94. The quantitative estimate of drug-likeness (QED) is 0.739. The zero-order chi connectivity index (χ0) is 21.7. The van der Waals surface area contributed by atoms with Gasteiger partial charge in [-0.05, 0) is 58.9 Å². The molecule has 5 atom stereocenters. The SMILES string of the molecule is CCOC(=O)c1ccc(NC(=O)[C@@H]2O[C@@H]3OC(C)(C)O[C@@H]3[C@@H]3OC(C)(C)O[C@H]32)cc1. The maximum absolute atomic E-state index is 13.0. The smallest absolute Gasteiger partial charge is 0.338 e. The molecule has 3 heterocycles. The first-order valence-corrected chi connectivity index (χ1v) is 10.0. The Morgan fingerprint density at radius 3 is 2.20 bits per heavy atom. The van der Waals surface area contributed by atoms with Crippen LogP contribution in [0, 0.1) is 0 Å². The molecular weight excluding hydrogens is 394 g/mol. The van der Waals surface area contributed by atoms with Gasteiger partial charge in [-0.3, -0.25) is 4.79 Å². The number of nitrogens with one attached hydrogen (secondary N) is 1. The highest BCUT2D eigenvalue weighted by molar-refractivity contribution is 5.96. The second-order valence-corrected chi connectivity index (χ2v) is 8.38. The summed E-state index contributed by atoms with van der Waals surface area (Å²) < 4.78 is 34.6. The number of benzene rings is 1.